The van der Waals surface area contributed by atoms with Crippen LogP contribution in [0.2, 0.25) is 0 Å². The highest BCUT2D eigenvalue weighted by molar-refractivity contribution is 5.78. The fraction of sp³-hybridized carbons (Fsp3) is 0.762. The van der Waals surface area contributed by atoms with Gasteiger partial charge in [0.2, 0.25) is 5.91 Å². The maximum atomic E-state index is 12.2. The maximum Gasteiger partial charge on any atom is 0.225 e. The van der Waals surface area contributed by atoms with Crippen molar-refractivity contribution in [3.8, 4) is 0 Å². The number of amides is 1. The number of carbonyl (C=O) groups excluding carboxylic acids is 1. The van der Waals surface area contributed by atoms with Gasteiger partial charge in [-0.15, -0.1) is 0 Å². The summed E-state index contributed by atoms with van der Waals surface area (Å²) in [6, 6.07) is 0. The largest absolute Gasteiger partial charge is 0.356 e. The van der Waals surface area contributed by atoms with Crippen LogP contribution < -0.4 is 4.90 Å². The third-order valence-electron chi connectivity index (χ3n) is 6.20. The number of aryl methyl sites for hydroxylation is 1. The molecule has 0 radical (unpaired) electrons. The minimum Gasteiger partial charge on any atom is -0.356 e. The average Bonchev–Trinajstić information content (AvgIpc) is 3.46. The van der Waals surface area contributed by atoms with E-state index in [-0.39, 0.29) is 11.8 Å². The second-order valence-electron chi connectivity index (χ2n) is 8.72. The van der Waals surface area contributed by atoms with Gasteiger partial charge >= 0.3 is 0 Å². The minimum atomic E-state index is 0.0878. The molecule has 0 atom stereocenters. The number of carbonyl (C=O) groups is 1. The first kappa shape index (κ1) is 17.7. The summed E-state index contributed by atoms with van der Waals surface area (Å²) in [4.78, 5) is 26.7. The van der Waals surface area contributed by atoms with E-state index in [1.807, 2.05) is 18.7 Å². The maximum absolute atomic E-state index is 12.2. The Morgan fingerprint density at radius 2 is 1.85 bits per heavy atom. The molecule has 0 spiro atoms. The number of aromatic nitrogens is 2. The van der Waals surface area contributed by atoms with Crippen LogP contribution in [0.1, 0.15) is 69.0 Å². The summed E-state index contributed by atoms with van der Waals surface area (Å²) in [7, 11) is 0. The van der Waals surface area contributed by atoms with Gasteiger partial charge in [0.1, 0.15) is 11.6 Å². The molecule has 0 aromatic carbocycles. The molecule has 0 bridgehead atoms. The van der Waals surface area contributed by atoms with Crippen LogP contribution in [0.15, 0.2) is 0 Å². The third kappa shape index (κ3) is 3.58. The molecular formula is C21H32N4O. The Morgan fingerprint density at radius 3 is 2.50 bits per heavy atom. The molecule has 1 saturated carbocycles. The van der Waals surface area contributed by atoms with Gasteiger partial charge in [-0.25, -0.2) is 9.97 Å². The van der Waals surface area contributed by atoms with Crippen LogP contribution >= 0.6 is 0 Å². The van der Waals surface area contributed by atoms with Crippen LogP contribution in [0.25, 0.3) is 0 Å². The van der Waals surface area contributed by atoms with Gasteiger partial charge in [0.05, 0.1) is 0 Å². The fourth-order valence-corrected chi connectivity index (χ4v) is 4.40. The number of rotatable bonds is 4. The molecule has 1 aliphatic carbocycles. The van der Waals surface area contributed by atoms with Gasteiger partial charge in [0.25, 0.3) is 0 Å². The molecule has 4 rings (SSSR count). The van der Waals surface area contributed by atoms with Crippen molar-refractivity contribution in [2.75, 3.05) is 31.1 Å². The summed E-state index contributed by atoms with van der Waals surface area (Å²) in [6.07, 6.45) is 7.07. The number of likely N-dealkylation sites (tertiary alicyclic amines) is 1. The Balaban J connectivity index is 1.51. The highest BCUT2D eigenvalue weighted by Gasteiger charge is 2.31. The van der Waals surface area contributed by atoms with Gasteiger partial charge in [-0.3, -0.25) is 4.79 Å². The van der Waals surface area contributed by atoms with Gasteiger partial charge in [0, 0.05) is 49.3 Å². The molecule has 26 heavy (non-hydrogen) atoms. The number of anilines is 1. The van der Waals surface area contributed by atoms with Crippen molar-refractivity contribution in [3.05, 3.63) is 17.1 Å². The van der Waals surface area contributed by atoms with Crippen molar-refractivity contribution in [2.24, 2.45) is 11.8 Å². The SMILES string of the molecule is Cc1nc(C2CCN(C(=O)C(C)C)CC2)nc2c1CCCN2CC1CC1. The highest BCUT2D eigenvalue weighted by Crippen LogP contribution is 2.36. The van der Waals surface area contributed by atoms with E-state index in [1.54, 1.807) is 0 Å². The molecule has 1 aromatic heterocycles. The van der Waals surface area contributed by atoms with E-state index in [4.69, 9.17) is 9.97 Å². The fourth-order valence-electron chi connectivity index (χ4n) is 4.40. The number of hydrogen-bond acceptors (Lipinski definition) is 4. The topological polar surface area (TPSA) is 49.3 Å². The van der Waals surface area contributed by atoms with Crippen molar-refractivity contribution >= 4 is 11.7 Å². The minimum absolute atomic E-state index is 0.0878. The van der Waals surface area contributed by atoms with Crippen molar-refractivity contribution in [2.45, 2.75) is 65.2 Å². The van der Waals surface area contributed by atoms with Crippen LogP contribution in [0.4, 0.5) is 5.82 Å². The van der Waals surface area contributed by atoms with Crippen molar-refractivity contribution in [3.63, 3.8) is 0 Å². The first-order valence-electron chi connectivity index (χ1n) is 10.4. The van der Waals surface area contributed by atoms with Gasteiger partial charge in [0.15, 0.2) is 0 Å². The molecule has 1 saturated heterocycles. The first-order valence-corrected chi connectivity index (χ1v) is 10.4. The predicted octanol–water partition coefficient (Wildman–Crippen LogP) is 3.31. The molecule has 2 fully saturated rings. The van der Waals surface area contributed by atoms with Crippen molar-refractivity contribution < 1.29 is 4.79 Å². The standard InChI is InChI=1S/C21H32N4O/c1-14(2)21(26)24-11-8-17(9-12-24)19-22-15(3)18-5-4-10-25(20(18)23-19)13-16-6-7-16/h14,16-17H,4-13H2,1-3H3. The lowest BCUT2D eigenvalue weighted by molar-refractivity contribution is -0.135. The molecular weight excluding hydrogens is 324 g/mol. The smallest absolute Gasteiger partial charge is 0.225 e. The zero-order valence-corrected chi connectivity index (χ0v) is 16.5. The Hall–Kier alpha value is -1.65. The Labute approximate surface area is 157 Å². The zero-order chi connectivity index (χ0) is 18.3. The monoisotopic (exact) mass is 356 g/mol. The molecule has 0 N–H and O–H groups in total. The zero-order valence-electron chi connectivity index (χ0n) is 16.5. The summed E-state index contributed by atoms with van der Waals surface area (Å²) >= 11 is 0. The van der Waals surface area contributed by atoms with Crippen LogP contribution in [-0.2, 0) is 11.2 Å². The van der Waals surface area contributed by atoms with E-state index < -0.39 is 0 Å². The highest BCUT2D eigenvalue weighted by atomic mass is 16.2. The van der Waals surface area contributed by atoms with Crippen molar-refractivity contribution in [1.82, 2.24) is 14.9 Å². The Bertz CT molecular complexity index is 675. The molecule has 0 unspecified atom stereocenters. The van der Waals surface area contributed by atoms with Crippen LogP contribution in [0, 0.1) is 18.8 Å². The van der Waals surface area contributed by atoms with E-state index in [1.165, 1.54) is 42.9 Å². The lowest BCUT2D eigenvalue weighted by atomic mass is 9.94. The second kappa shape index (κ2) is 7.16. The molecule has 3 heterocycles. The number of hydrogen-bond donors (Lipinski definition) is 0. The number of nitrogens with zero attached hydrogens (tertiary/aromatic N) is 4. The summed E-state index contributed by atoms with van der Waals surface area (Å²) in [5.41, 5.74) is 2.54. The lowest BCUT2D eigenvalue weighted by Crippen LogP contribution is -2.40. The van der Waals surface area contributed by atoms with Gasteiger partial charge in [-0.1, -0.05) is 13.8 Å². The molecule has 1 amide bonds. The first-order chi connectivity index (χ1) is 12.5. The van der Waals surface area contributed by atoms with E-state index in [2.05, 4.69) is 11.8 Å². The Kier molecular flexibility index (Phi) is 4.89. The molecule has 3 aliphatic rings. The molecule has 142 valence electrons. The number of fused-ring (bicyclic) bond motifs is 1. The van der Waals surface area contributed by atoms with Crippen LogP contribution in [-0.4, -0.2) is 47.0 Å². The van der Waals surface area contributed by atoms with Crippen LogP contribution in [0.5, 0.6) is 0 Å². The normalized spacial score (nSPS) is 21.2. The average molecular weight is 357 g/mol. The Morgan fingerprint density at radius 1 is 1.12 bits per heavy atom. The van der Waals surface area contributed by atoms with E-state index >= 15 is 0 Å². The van der Waals surface area contributed by atoms with Gasteiger partial charge in [-0.05, 0) is 51.4 Å². The van der Waals surface area contributed by atoms with E-state index in [0.29, 0.717) is 5.92 Å². The van der Waals surface area contributed by atoms with Crippen molar-refractivity contribution in [1.29, 1.82) is 0 Å². The summed E-state index contributed by atoms with van der Waals surface area (Å²) in [6.45, 7) is 10.1. The van der Waals surface area contributed by atoms with E-state index in [0.717, 1.165) is 50.6 Å². The third-order valence-corrected chi connectivity index (χ3v) is 6.20. The lowest BCUT2D eigenvalue weighted by Gasteiger charge is -2.34. The van der Waals surface area contributed by atoms with Gasteiger partial charge in [-0.2, -0.15) is 0 Å². The molecule has 5 heteroatoms. The van der Waals surface area contributed by atoms with E-state index in [9.17, 15) is 4.79 Å². The summed E-state index contributed by atoms with van der Waals surface area (Å²) in [5, 5.41) is 0. The summed E-state index contributed by atoms with van der Waals surface area (Å²) < 4.78 is 0. The molecule has 5 nitrogen and oxygen atoms in total. The quantitative estimate of drug-likeness (QED) is 0.830. The predicted molar refractivity (Wildman–Crippen MR) is 103 cm³/mol. The second-order valence-corrected chi connectivity index (χ2v) is 8.72. The summed E-state index contributed by atoms with van der Waals surface area (Å²) in [5.74, 6) is 3.86. The van der Waals surface area contributed by atoms with Crippen LogP contribution in [0.3, 0.4) is 0 Å². The number of piperidine rings is 1. The molecule has 2 aliphatic heterocycles. The molecule has 1 aromatic rings. The van der Waals surface area contributed by atoms with Gasteiger partial charge < -0.3 is 9.80 Å².